The van der Waals surface area contributed by atoms with Crippen molar-refractivity contribution < 1.29 is 9.90 Å². The minimum Gasteiger partial charge on any atom is -0.396 e. The Balaban J connectivity index is 2.38. The van der Waals surface area contributed by atoms with Crippen molar-refractivity contribution in [2.24, 2.45) is 5.41 Å². The van der Waals surface area contributed by atoms with E-state index < -0.39 is 0 Å². The summed E-state index contributed by atoms with van der Waals surface area (Å²) < 4.78 is 0. The van der Waals surface area contributed by atoms with Gasteiger partial charge in [-0.05, 0) is 37.5 Å². The lowest BCUT2D eigenvalue weighted by Gasteiger charge is -2.36. The molecule has 0 aromatic rings. The van der Waals surface area contributed by atoms with E-state index in [1.807, 2.05) is 4.90 Å². The van der Waals surface area contributed by atoms with Crippen LogP contribution in [0, 0.1) is 5.41 Å². The SMILES string of the molecule is CCC(CC)(CCO)CNC1CCN(C(C)=O)CC1. The number of nitrogens with one attached hydrogen (secondary N) is 1. The lowest BCUT2D eigenvalue weighted by molar-refractivity contribution is -0.129. The second-order valence-electron chi connectivity index (χ2n) is 5.84. The second-order valence-corrected chi connectivity index (χ2v) is 5.84. The van der Waals surface area contributed by atoms with E-state index in [0.29, 0.717) is 6.04 Å². The summed E-state index contributed by atoms with van der Waals surface area (Å²) in [6.45, 7) is 9.06. The van der Waals surface area contributed by atoms with E-state index in [9.17, 15) is 9.90 Å². The van der Waals surface area contributed by atoms with Crippen molar-refractivity contribution in [3.05, 3.63) is 0 Å². The van der Waals surface area contributed by atoms with Gasteiger partial charge in [0.1, 0.15) is 0 Å². The molecule has 1 aliphatic rings. The number of carbonyl (C=O) groups excluding carboxylic acids is 1. The molecule has 0 aliphatic carbocycles. The first-order chi connectivity index (χ1) is 9.06. The molecule has 0 spiro atoms. The number of aliphatic hydroxyl groups excluding tert-OH is 1. The highest BCUT2D eigenvalue weighted by Gasteiger charge is 2.27. The Morgan fingerprint density at radius 3 is 2.32 bits per heavy atom. The molecule has 0 unspecified atom stereocenters. The van der Waals surface area contributed by atoms with Gasteiger partial charge >= 0.3 is 0 Å². The fraction of sp³-hybridized carbons (Fsp3) is 0.933. The molecule has 1 amide bonds. The third-order valence-corrected chi connectivity index (χ3v) is 4.85. The van der Waals surface area contributed by atoms with Crippen LogP contribution < -0.4 is 5.32 Å². The minimum absolute atomic E-state index is 0.190. The number of likely N-dealkylation sites (tertiary alicyclic amines) is 1. The van der Waals surface area contributed by atoms with Crippen LogP contribution in [0.1, 0.15) is 52.9 Å². The molecule has 0 bridgehead atoms. The molecule has 1 rings (SSSR count). The van der Waals surface area contributed by atoms with Crippen molar-refractivity contribution in [1.29, 1.82) is 0 Å². The van der Waals surface area contributed by atoms with Gasteiger partial charge in [0.2, 0.25) is 5.91 Å². The van der Waals surface area contributed by atoms with Crippen molar-refractivity contribution >= 4 is 5.91 Å². The average molecular weight is 270 g/mol. The van der Waals surface area contributed by atoms with Gasteiger partial charge in [0.05, 0.1) is 0 Å². The lowest BCUT2D eigenvalue weighted by Crippen LogP contribution is -2.47. The molecule has 4 nitrogen and oxygen atoms in total. The van der Waals surface area contributed by atoms with Gasteiger partial charge in [0, 0.05) is 39.2 Å². The van der Waals surface area contributed by atoms with Gasteiger partial charge in [-0.15, -0.1) is 0 Å². The van der Waals surface area contributed by atoms with Gasteiger partial charge in [-0.1, -0.05) is 13.8 Å². The van der Waals surface area contributed by atoms with Crippen molar-refractivity contribution in [2.75, 3.05) is 26.2 Å². The van der Waals surface area contributed by atoms with Crippen LogP contribution in [0.2, 0.25) is 0 Å². The first kappa shape index (κ1) is 16.4. The van der Waals surface area contributed by atoms with Crippen LogP contribution in [0.25, 0.3) is 0 Å². The van der Waals surface area contributed by atoms with Crippen molar-refractivity contribution in [3.8, 4) is 0 Å². The van der Waals surface area contributed by atoms with Crippen LogP contribution >= 0.6 is 0 Å². The number of piperidine rings is 1. The van der Waals surface area contributed by atoms with Crippen LogP contribution in [-0.4, -0.2) is 48.2 Å². The molecular weight excluding hydrogens is 240 g/mol. The van der Waals surface area contributed by atoms with E-state index in [0.717, 1.165) is 51.7 Å². The van der Waals surface area contributed by atoms with Crippen LogP contribution in [-0.2, 0) is 4.79 Å². The Hall–Kier alpha value is -0.610. The van der Waals surface area contributed by atoms with Gasteiger partial charge in [-0.3, -0.25) is 4.79 Å². The summed E-state index contributed by atoms with van der Waals surface area (Å²) in [6.07, 6.45) is 5.16. The monoisotopic (exact) mass is 270 g/mol. The van der Waals surface area contributed by atoms with Crippen molar-refractivity contribution in [2.45, 2.75) is 58.9 Å². The van der Waals surface area contributed by atoms with E-state index in [1.165, 1.54) is 0 Å². The first-order valence-electron chi connectivity index (χ1n) is 7.66. The largest absolute Gasteiger partial charge is 0.396 e. The Morgan fingerprint density at radius 1 is 1.32 bits per heavy atom. The number of carbonyl (C=O) groups is 1. The van der Waals surface area contributed by atoms with Crippen LogP contribution in [0.3, 0.4) is 0 Å². The van der Waals surface area contributed by atoms with Crippen molar-refractivity contribution in [1.82, 2.24) is 10.2 Å². The third kappa shape index (κ3) is 4.77. The molecule has 1 saturated heterocycles. The van der Waals surface area contributed by atoms with Gasteiger partial charge in [-0.25, -0.2) is 0 Å². The van der Waals surface area contributed by atoms with Crippen molar-refractivity contribution in [3.63, 3.8) is 0 Å². The molecule has 4 heteroatoms. The fourth-order valence-electron chi connectivity index (χ4n) is 2.94. The maximum atomic E-state index is 11.3. The zero-order valence-electron chi connectivity index (χ0n) is 12.7. The summed E-state index contributed by atoms with van der Waals surface area (Å²) >= 11 is 0. The zero-order valence-corrected chi connectivity index (χ0v) is 12.7. The second kappa shape index (κ2) is 7.85. The predicted octanol–water partition coefficient (Wildman–Crippen LogP) is 1.78. The zero-order chi connectivity index (χ0) is 14.3. The maximum Gasteiger partial charge on any atom is 0.219 e. The Labute approximate surface area is 117 Å². The Kier molecular flexibility index (Phi) is 6.80. The molecule has 1 aliphatic heterocycles. The molecule has 1 heterocycles. The summed E-state index contributed by atoms with van der Waals surface area (Å²) in [4.78, 5) is 13.2. The van der Waals surface area contributed by atoms with E-state index in [4.69, 9.17) is 0 Å². The molecule has 0 saturated carbocycles. The highest BCUT2D eigenvalue weighted by molar-refractivity contribution is 5.73. The topological polar surface area (TPSA) is 52.6 Å². The smallest absolute Gasteiger partial charge is 0.219 e. The van der Waals surface area contributed by atoms with E-state index in [-0.39, 0.29) is 17.9 Å². The molecule has 19 heavy (non-hydrogen) atoms. The highest BCUT2D eigenvalue weighted by Crippen LogP contribution is 2.29. The number of aliphatic hydroxyl groups is 1. The van der Waals surface area contributed by atoms with E-state index in [2.05, 4.69) is 19.2 Å². The van der Waals surface area contributed by atoms with Crippen LogP contribution in [0.4, 0.5) is 0 Å². The minimum atomic E-state index is 0.190. The van der Waals surface area contributed by atoms with Crippen LogP contribution in [0.15, 0.2) is 0 Å². The van der Waals surface area contributed by atoms with Gasteiger partial charge in [-0.2, -0.15) is 0 Å². The number of hydrogen-bond donors (Lipinski definition) is 2. The summed E-state index contributed by atoms with van der Waals surface area (Å²) in [5.41, 5.74) is 0.229. The normalized spacial score (nSPS) is 17.8. The van der Waals surface area contributed by atoms with Gasteiger partial charge < -0.3 is 15.3 Å². The fourth-order valence-corrected chi connectivity index (χ4v) is 2.94. The molecule has 112 valence electrons. The molecule has 1 fully saturated rings. The highest BCUT2D eigenvalue weighted by atomic mass is 16.3. The molecule has 2 N–H and O–H groups in total. The predicted molar refractivity (Wildman–Crippen MR) is 78.0 cm³/mol. The third-order valence-electron chi connectivity index (χ3n) is 4.85. The van der Waals surface area contributed by atoms with E-state index >= 15 is 0 Å². The van der Waals surface area contributed by atoms with Gasteiger partial charge in [0.25, 0.3) is 0 Å². The number of hydrogen-bond acceptors (Lipinski definition) is 3. The molecule has 0 radical (unpaired) electrons. The number of rotatable bonds is 7. The quantitative estimate of drug-likeness (QED) is 0.741. The van der Waals surface area contributed by atoms with E-state index in [1.54, 1.807) is 6.92 Å². The number of amides is 1. The lowest BCUT2D eigenvalue weighted by atomic mass is 9.79. The summed E-state index contributed by atoms with van der Waals surface area (Å²) in [6, 6.07) is 0.520. The Morgan fingerprint density at radius 2 is 1.89 bits per heavy atom. The number of nitrogens with zero attached hydrogens (tertiary/aromatic N) is 1. The molecule has 0 aromatic carbocycles. The molecular formula is C15H30N2O2. The van der Waals surface area contributed by atoms with Crippen LogP contribution in [0.5, 0.6) is 0 Å². The summed E-state index contributed by atoms with van der Waals surface area (Å²) in [7, 11) is 0. The summed E-state index contributed by atoms with van der Waals surface area (Å²) in [5.74, 6) is 0.190. The maximum absolute atomic E-state index is 11.3. The average Bonchev–Trinajstić information content (AvgIpc) is 2.44. The Bertz CT molecular complexity index is 269. The molecule has 0 atom stereocenters. The standard InChI is InChI=1S/C15H30N2O2/c1-4-15(5-2,8-11-18)12-16-14-6-9-17(10-7-14)13(3)19/h14,16,18H,4-12H2,1-3H3. The molecule has 0 aromatic heterocycles. The first-order valence-corrected chi connectivity index (χ1v) is 7.66. The van der Waals surface area contributed by atoms with Gasteiger partial charge in [0.15, 0.2) is 0 Å². The summed E-state index contributed by atoms with van der Waals surface area (Å²) in [5, 5.41) is 12.9.